The second-order valence-electron chi connectivity index (χ2n) is 4.88. The van der Waals surface area contributed by atoms with E-state index in [9.17, 15) is 9.18 Å². The minimum absolute atomic E-state index is 0.190. The van der Waals surface area contributed by atoms with Crippen LogP contribution >= 0.6 is 22.9 Å². The van der Waals surface area contributed by atoms with E-state index in [1.165, 1.54) is 22.5 Å². The zero-order chi connectivity index (χ0) is 14.8. The summed E-state index contributed by atoms with van der Waals surface area (Å²) in [5.41, 5.74) is 0.519. The first-order valence-corrected chi connectivity index (χ1v) is 7.90. The summed E-state index contributed by atoms with van der Waals surface area (Å²) in [6.07, 6.45) is 3.17. The Morgan fingerprint density at radius 2 is 2.24 bits per heavy atom. The zero-order valence-electron chi connectivity index (χ0n) is 11.1. The first kappa shape index (κ1) is 14.4. The lowest BCUT2D eigenvalue weighted by atomic mass is 9.83. The summed E-state index contributed by atoms with van der Waals surface area (Å²) in [5, 5.41) is 11.5. The van der Waals surface area contributed by atoms with E-state index < -0.39 is 11.5 Å². The van der Waals surface area contributed by atoms with Crippen LogP contribution in [0.5, 0.6) is 0 Å². The van der Waals surface area contributed by atoms with Gasteiger partial charge in [-0.15, -0.1) is 10.2 Å². The Morgan fingerprint density at radius 1 is 1.43 bits per heavy atom. The van der Waals surface area contributed by atoms with Crippen LogP contribution in [-0.4, -0.2) is 21.7 Å². The number of carbonyl (C=O) groups excluding carboxylic acids is 1. The minimum atomic E-state index is -2.08. The van der Waals surface area contributed by atoms with Gasteiger partial charge in [-0.2, -0.15) is 0 Å². The van der Waals surface area contributed by atoms with Crippen molar-refractivity contribution in [1.82, 2.24) is 10.2 Å². The summed E-state index contributed by atoms with van der Waals surface area (Å²) in [4.78, 5) is 11.2. The molecule has 4 nitrogen and oxygen atoms in total. The third-order valence-electron chi connectivity index (χ3n) is 3.54. The number of hydrogen-bond acceptors (Lipinski definition) is 4. The molecular formula is C14H13ClFN3OS. The third kappa shape index (κ3) is 3.06. The van der Waals surface area contributed by atoms with Crippen molar-refractivity contribution in [1.29, 1.82) is 0 Å². The number of aryl methyl sites for hydroxylation is 1. The van der Waals surface area contributed by atoms with Crippen LogP contribution in [0.15, 0.2) is 24.3 Å². The Morgan fingerprint density at radius 3 is 3.05 bits per heavy atom. The van der Waals surface area contributed by atoms with Crippen molar-refractivity contribution in [2.75, 3.05) is 5.32 Å². The predicted octanol–water partition coefficient (Wildman–Crippen LogP) is 3.48. The molecule has 1 aromatic carbocycles. The molecule has 0 aliphatic heterocycles. The number of carbonyl (C=O) groups is 1. The van der Waals surface area contributed by atoms with Crippen molar-refractivity contribution in [2.24, 2.45) is 0 Å². The first-order valence-electron chi connectivity index (χ1n) is 6.65. The summed E-state index contributed by atoms with van der Waals surface area (Å²) in [6, 6.07) is 8.29. The van der Waals surface area contributed by atoms with Gasteiger partial charge >= 0.3 is 0 Å². The fraction of sp³-hybridized carbons (Fsp3) is 0.357. The standard InChI is InChI=1S/C14H13ClFN3OS/c15-11(16)12(20)17-14-19-18-13(21-14)10-7-3-5-8-4-1-2-6-9(8)10/h1-2,4,6,10-11H,3,5,7H2,(H,17,19,20). The van der Waals surface area contributed by atoms with Gasteiger partial charge in [0.2, 0.25) is 5.13 Å². The number of aromatic nitrogens is 2. The van der Waals surface area contributed by atoms with Crippen molar-refractivity contribution in [2.45, 2.75) is 30.8 Å². The summed E-state index contributed by atoms with van der Waals surface area (Å²) >= 11 is 6.35. The molecule has 2 unspecified atom stereocenters. The smallest absolute Gasteiger partial charge is 0.276 e. The predicted molar refractivity (Wildman–Crippen MR) is 80.5 cm³/mol. The number of halogens is 2. The van der Waals surface area contributed by atoms with Gasteiger partial charge in [-0.3, -0.25) is 10.1 Å². The largest absolute Gasteiger partial charge is 0.297 e. The van der Waals surface area contributed by atoms with Gasteiger partial charge in [0.25, 0.3) is 11.5 Å². The summed E-state index contributed by atoms with van der Waals surface area (Å²) in [6.45, 7) is 0. The number of anilines is 1. The highest BCUT2D eigenvalue weighted by atomic mass is 35.5. The Balaban J connectivity index is 1.83. The number of alkyl halides is 2. The van der Waals surface area contributed by atoms with Gasteiger partial charge in [-0.05, 0) is 30.4 Å². The number of nitrogens with one attached hydrogen (secondary N) is 1. The number of rotatable bonds is 3. The van der Waals surface area contributed by atoms with E-state index in [1.54, 1.807) is 0 Å². The van der Waals surface area contributed by atoms with Crippen LogP contribution < -0.4 is 5.32 Å². The van der Waals surface area contributed by atoms with Gasteiger partial charge in [0.15, 0.2) is 0 Å². The number of fused-ring (bicyclic) bond motifs is 1. The highest BCUT2D eigenvalue weighted by Crippen LogP contribution is 2.38. The average molecular weight is 326 g/mol. The topological polar surface area (TPSA) is 54.9 Å². The Hall–Kier alpha value is -1.53. The fourth-order valence-corrected chi connectivity index (χ4v) is 3.55. The van der Waals surface area contributed by atoms with Crippen molar-refractivity contribution in [3.63, 3.8) is 0 Å². The van der Waals surface area contributed by atoms with Gasteiger partial charge < -0.3 is 0 Å². The quantitative estimate of drug-likeness (QED) is 0.879. The van der Waals surface area contributed by atoms with Gasteiger partial charge in [-0.1, -0.05) is 47.2 Å². The highest BCUT2D eigenvalue weighted by molar-refractivity contribution is 7.15. The molecule has 0 fully saturated rings. The van der Waals surface area contributed by atoms with E-state index in [1.807, 2.05) is 12.1 Å². The SMILES string of the molecule is O=C(Nc1nnc(C2CCCc3ccccc32)s1)C(F)Cl. The van der Waals surface area contributed by atoms with E-state index in [2.05, 4.69) is 27.6 Å². The molecule has 2 aromatic rings. The molecular weight excluding hydrogens is 313 g/mol. The van der Waals surface area contributed by atoms with E-state index in [4.69, 9.17) is 11.6 Å². The van der Waals surface area contributed by atoms with Gasteiger partial charge in [0.05, 0.1) is 0 Å². The molecule has 1 heterocycles. The van der Waals surface area contributed by atoms with Gasteiger partial charge in [-0.25, -0.2) is 4.39 Å². The van der Waals surface area contributed by atoms with Crippen LogP contribution in [0.25, 0.3) is 0 Å². The van der Waals surface area contributed by atoms with E-state index in [0.717, 1.165) is 24.3 Å². The van der Waals surface area contributed by atoms with Crippen LogP contribution in [0.3, 0.4) is 0 Å². The molecule has 21 heavy (non-hydrogen) atoms. The van der Waals surface area contributed by atoms with E-state index >= 15 is 0 Å². The normalized spacial score (nSPS) is 18.9. The average Bonchev–Trinajstić information content (AvgIpc) is 2.95. The van der Waals surface area contributed by atoms with Crippen LogP contribution in [-0.2, 0) is 11.2 Å². The van der Waals surface area contributed by atoms with E-state index in [-0.39, 0.29) is 11.0 Å². The molecule has 0 saturated heterocycles. The summed E-state index contributed by atoms with van der Waals surface area (Å²) < 4.78 is 12.6. The van der Waals surface area contributed by atoms with Gasteiger partial charge in [0, 0.05) is 5.92 Å². The molecule has 0 spiro atoms. The second kappa shape index (κ2) is 6.07. The molecule has 1 amide bonds. The number of benzene rings is 1. The lowest BCUT2D eigenvalue weighted by molar-refractivity contribution is -0.118. The Labute approximate surface area is 130 Å². The molecule has 3 rings (SSSR count). The molecule has 0 radical (unpaired) electrons. The maximum absolute atomic E-state index is 12.6. The molecule has 1 aliphatic carbocycles. The van der Waals surface area contributed by atoms with Crippen LogP contribution in [0, 0.1) is 0 Å². The number of amides is 1. The first-order chi connectivity index (χ1) is 10.1. The molecule has 7 heteroatoms. The van der Waals surface area contributed by atoms with Crippen molar-refractivity contribution < 1.29 is 9.18 Å². The fourth-order valence-electron chi connectivity index (χ4n) is 2.60. The minimum Gasteiger partial charge on any atom is -0.297 e. The van der Waals surface area contributed by atoms with Crippen molar-refractivity contribution >= 4 is 34.0 Å². The van der Waals surface area contributed by atoms with Crippen molar-refractivity contribution in [3.8, 4) is 0 Å². The van der Waals surface area contributed by atoms with Crippen LogP contribution in [0.4, 0.5) is 9.52 Å². The summed E-state index contributed by atoms with van der Waals surface area (Å²) in [7, 11) is 0. The molecule has 1 aliphatic rings. The lowest BCUT2D eigenvalue weighted by Crippen LogP contribution is -2.19. The van der Waals surface area contributed by atoms with Crippen molar-refractivity contribution in [3.05, 3.63) is 40.4 Å². The lowest BCUT2D eigenvalue weighted by Gasteiger charge is -2.23. The maximum atomic E-state index is 12.6. The molecule has 1 aromatic heterocycles. The monoisotopic (exact) mass is 325 g/mol. The molecule has 1 N–H and O–H groups in total. The van der Waals surface area contributed by atoms with E-state index in [0.29, 0.717) is 0 Å². The van der Waals surface area contributed by atoms with Crippen LogP contribution in [0.2, 0.25) is 0 Å². The molecule has 110 valence electrons. The van der Waals surface area contributed by atoms with Gasteiger partial charge in [0.1, 0.15) is 5.01 Å². The molecule has 2 atom stereocenters. The molecule has 0 bridgehead atoms. The Bertz CT molecular complexity index is 661. The Kier molecular flexibility index (Phi) is 4.17. The van der Waals surface area contributed by atoms with Crippen LogP contribution in [0.1, 0.15) is 34.9 Å². The number of nitrogens with zero attached hydrogens (tertiary/aromatic N) is 2. The second-order valence-corrected chi connectivity index (χ2v) is 6.27. The third-order valence-corrected chi connectivity index (χ3v) is 4.69. The highest BCUT2D eigenvalue weighted by Gasteiger charge is 2.25. The zero-order valence-corrected chi connectivity index (χ0v) is 12.6. The number of hydrogen-bond donors (Lipinski definition) is 1. The summed E-state index contributed by atoms with van der Waals surface area (Å²) in [5.74, 6) is -0.723. The molecule has 0 saturated carbocycles. The maximum Gasteiger partial charge on any atom is 0.276 e.